The Hall–Kier alpha value is -2.71. The second-order valence-corrected chi connectivity index (χ2v) is 9.96. The summed E-state index contributed by atoms with van der Waals surface area (Å²) >= 11 is 0. The first-order valence-corrected chi connectivity index (χ1v) is 12.3. The van der Waals surface area contributed by atoms with Crippen LogP contribution in [0.25, 0.3) is 11.0 Å². The maximum Gasteiger partial charge on any atom is 0.223 e. The number of rotatable bonds is 8. The number of nitrogens with one attached hydrogen (secondary N) is 1. The Morgan fingerprint density at radius 2 is 1.74 bits per heavy atom. The van der Waals surface area contributed by atoms with E-state index < -0.39 is 10.0 Å². The van der Waals surface area contributed by atoms with Gasteiger partial charge in [0.15, 0.2) is 0 Å². The zero-order chi connectivity index (χ0) is 21.7. The van der Waals surface area contributed by atoms with Crippen LogP contribution >= 0.6 is 0 Å². The molecular formula is C23H28N4O3S. The first kappa shape index (κ1) is 21.5. The zero-order valence-corrected chi connectivity index (χ0v) is 18.3. The van der Waals surface area contributed by atoms with E-state index in [0.29, 0.717) is 32.5 Å². The van der Waals surface area contributed by atoms with E-state index in [9.17, 15) is 13.2 Å². The molecule has 0 spiro atoms. The Morgan fingerprint density at radius 1 is 1.03 bits per heavy atom. The van der Waals surface area contributed by atoms with Gasteiger partial charge in [0.25, 0.3) is 0 Å². The predicted octanol–water partition coefficient (Wildman–Crippen LogP) is 2.78. The molecule has 164 valence electrons. The van der Waals surface area contributed by atoms with Crippen LogP contribution in [-0.4, -0.2) is 47.8 Å². The number of hydrogen-bond acceptors (Lipinski definition) is 4. The summed E-state index contributed by atoms with van der Waals surface area (Å²) in [5.41, 5.74) is 2.85. The molecule has 0 bridgehead atoms. The number of para-hydroxylation sites is 2. The number of imidazole rings is 1. The number of nitrogens with zero attached hydrogens (tertiary/aromatic N) is 3. The van der Waals surface area contributed by atoms with Gasteiger partial charge in [-0.25, -0.2) is 17.7 Å². The Bertz CT molecular complexity index is 1120. The normalized spacial score (nSPS) is 15.9. The molecule has 1 fully saturated rings. The smallest absolute Gasteiger partial charge is 0.223 e. The molecule has 0 aliphatic carbocycles. The van der Waals surface area contributed by atoms with Crippen molar-refractivity contribution in [2.45, 2.75) is 31.6 Å². The second kappa shape index (κ2) is 9.62. The van der Waals surface area contributed by atoms with Crippen LogP contribution in [0.15, 0.2) is 60.9 Å². The summed E-state index contributed by atoms with van der Waals surface area (Å²) < 4.78 is 28.9. The average molecular weight is 441 g/mol. The molecule has 1 amide bonds. The summed E-state index contributed by atoms with van der Waals surface area (Å²) in [6.45, 7) is 2.18. The largest absolute Gasteiger partial charge is 0.356 e. The molecule has 0 saturated carbocycles. The molecule has 1 aliphatic heterocycles. The molecule has 8 heteroatoms. The number of piperidine rings is 1. The van der Waals surface area contributed by atoms with E-state index in [0.717, 1.165) is 29.6 Å². The highest BCUT2D eigenvalue weighted by molar-refractivity contribution is 7.88. The summed E-state index contributed by atoms with van der Waals surface area (Å²) in [6, 6.07) is 17.2. The van der Waals surface area contributed by atoms with Crippen LogP contribution in [0.2, 0.25) is 0 Å². The monoisotopic (exact) mass is 440 g/mol. The fraction of sp³-hybridized carbons (Fsp3) is 0.391. The van der Waals surface area contributed by atoms with E-state index in [2.05, 4.69) is 14.9 Å². The van der Waals surface area contributed by atoms with Crippen LogP contribution in [0, 0.1) is 5.92 Å². The lowest BCUT2D eigenvalue weighted by Crippen LogP contribution is -2.43. The summed E-state index contributed by atoms with van der Waals surface area (Å²) in [5.74, 6) is -0.0963. The van der Waals surface area contributed by atoms with Crippen LogP contribution in [0.4, 0.5) is 0 Å². The molecule has 0 unspecified atom stereocenters. The van der Waals surface area contributed by atoms with Crippen molar-refractivity contribution in [3.63, 3.8) is 0 Å². The molecule has 1 aromatic heterocycles. The second-order valence-electron chi connectivity index (χ2n) is 7.99. The lowest BCUT2D eigenvalue weighted by molar-refractivity contribution is -0.126. The Labute approximate surface area is 183 Å². The number of amides is 1. The van der Waals surface area contributed by atoms with Gasteiger partial charge in [0.1, 0.15) is 0 Å². The minimum Gasteiger partial charge on any atom is -0.356 e. The van der Waals surface area contributed by atoms with E-state index in [4.69, 9.17) is 0 Å². The van der Waals surface area contributed by atoms with Crippen LogP contribution in [0.3, 0.4) is 0 Å². The summed E-state index contributed by atoms with van der Waals surface area (Å²) in [4.78, 5) is 16.9. The molecular weight excluding hydrogens is 412 g/mol. The van der Waals surface area contributed by atoms with Gasteiger partial charge in [-0.2, -0.15) is 0 Å². The van der Waals surface area contributed by atoms with Crippen molar-refractivity contribution in [1.82, 2.24) is 19.2 Å². The maximum atomic E-state index is 12.7. The minimum absolute atomic E-state index is 0.00757. The van der Waals surface area contributed by atoms with E-state index in [1.165, 1.54) is 4.31 Å². The molecule has 1 N–H and O–H groups in total. The van der Waals surface area contributed by atoms with E-state index >= 15 is 0 Å². The summed E-state index contributed by atoms with van der Waals surface area (Å²) in [7, 11) is -3.36. The van der Waals surface area contributed by atoms with Crippen molar-refractivity contribution in [3.8, 4) is 0 Å². The van der Waals surface area contributed by atoms with Crippen molar-refractivity contribution < 1.29 is 13.2 Å². The highest BCUT2D eigenvalue weighted by Crippen LogP contribution is 2.22. The quantitative estimate of drug-likeness (QED) is 0.546. The Kier molecular flexibility index (Phi) is 6.67. The van der Waals surface area contributed by atoms with Gasteiger partial charge in [-0.15, -0.1) is 0 Å². The molecule has 2 aromatic carbocycles. The first-order chi connectivity index (χ1) is 15.0. The first-order valence-electron chi connectivity index (χ1n) is 10.7. The highest BCUT2D eigenvalue weighted by Gasteiger charge is 2.30. The van der Waals surface area contributed by atoms with Gasteiger partial charge in [-0.1, -0.05) is 42.5 Å². The SMILES string of the molecule is O=C(NCCCn1cnc2ccccc21)C1CCN(S(=O)(=O)Cc2ccccc2)CC1. The zero-order valence-electron chi connectivity index (χ0n) is 17.5. The van der Waals surface area contributed by atoms with Crippen LogP contribution in [0.5, 0.6) is 0 Å². The summed E-state index contributed by atoms with van der Waals surface area (Å²) in [6.07, 6.45) is 3.77. The van der Waals surface area contributed by atoms with Crippen molar-refractivity contribution in [3.05, 3.63) is 66.5 Å². The molecule has 7 nitrogen and oxygen atoms in total. The lowest BCUT2D eigenvalue weighted by atomic mass is 9.97. The lowest BCUT2D eigenvalue weighted by Gasteiger charge is -2.30. The van der Waals surface area contributed by atoms with Crippen molar-refractivity contribution in [1.29, 1.82) is 0 Å². The Balaban J connectivity index is 1.20. The van der Waals surface area contributed by atoms with Crippen molar-refractivity contribution in [2.24, 2.45) is 5.92 Å². The van der Waals surface area contributed by atoms with Gasteiger partial charge in [0.2, 0.25) is 15.9 Å². The number of benzene rings is 2. The number of aromatic nitrogens is 2. The van der Waals surface area contributed by atoms with Crippen molar-refractivity contribution in [2.75, 3.05) is 19.6 Å². The number of hydrogen-bond donors (Lipinski definition) is 1. The maximum absolute atomic E-state index is 12.7. The predicted molar refractivity (Wildman–Crippen MR) is 121 cm³/mol. The van der Waals surface area contributed by atoms with Crippen LogP contribution in [-0.2, 0) is 27.1 Å². The molecule has 0 atom stereocenters. The van der Waals surface area contributed by atoms with Gasteiger partial charge in [-0.3, -0.25) is 4.79 Å². The summed E-state index contributed by atoms with van der Waals surface area (Å²) in [5, 5.41) is 3.02. The molecule has 2 heterocycles. The minimum atomic E-state index is -3.36. The highest BCUT2D eigenvalue weighted by atomic mass is 32.2. The Morgan fingerprint density at radius 3 is 2.52 bits per heavy atom. The number of fused-ring (bicyclic) bond motifs is 1. The van der Waals surface area contributed by atoms with Gasteiger partial charge < -0.3 is 9.88 Å². The van der Waals surface area contributed by atoms with Gasteiger partial charge in [0.05, 0.1) is 23.1 Å². The fourth-order valence-corrected chi connectivity index (χ4v) is 5.63. The average Bonchev–Trinajstić information content (AvgIpc) is 3.20. The van der Waals surface area contributed by atoms with Gasteiger partial charge >= 0.3 is 0 Å². The third kappa shape index (κ3) is 5.32. The van der Waals surface area contributed by atoms with Crippen LogP contribution < -0.4 is 5.32 Å². The third-order valence-electron chi connectivity index (χ3n) is 5.81. The van der Waals surface area contributed by atoms with Gasteiger partial charge in [0, 0.05) is 32.1 Å². The number of carbonyl (C=O) groups is 1. The molecule has 1 aliphatic rings. The molecule has 31 heavy (non-hydrogen) atoms. The number of carbonyl (C=O) groups excluding carboxylic acids is 1. The van der Waals surface area contributed by atoms with Crippen molar-refractivity contribution >= 4 is 27.0 Å². The number of sulfonamides is 1. The molecule has 3 aromatic rings. The number of aryl methyl sites for hydroxylation is 1. The third-order valence-corrected chi connectivity index (χ3v) is 7.66. The van der Waals surface area contributed by atoms with E-state index in [1.54, 1.807) is 0 Å². The topological polar surface area (TPSA) is 84.3 Å². The molecule has 4 rings (SSSR count). The van der Waals surface area contributed by atoms with E-state index in [-0.39, 0.29) is 17.6 Å². The van der Waals surface area contributed by atoms with Crippen LogP contribution in [0.1, 0.15) is 24.8 Å². The van der Waals surface area contributed by atoms with Gasteiger partial charge in [-0.05, 0) is 37.0 Å². The fourth-order valence-electron chi connectivity index (χ4n) is 4.07. The molecule has 1 saturated heterocycles. The van der Waals surface area contributed by atoms with E-state index in [1.807, 2.05) is 60.9 Å². The molecule has 0 radical (unpaired) electrons. The standard InChI is InChI=1S/C23H28N4O3S/c28-23(24-13-6-14-26-18-25-21-9-4-5-10-22(21)26)20-11-15-27(16-12-20)31(29,30)17-19-7-2-1-3-8-19/h1-5,7-10,18,20H,6,11-17H2,(H,24,28).